The molecule has 0 saturated carbocycles. The largest absolute Gasteiger partial charge is 0.324 e. The van der Waals surface area contributed by atoms with Crippen LogP contribution in [0.5, 0.6) is 0 Å². The van der Waals surface area contributed by atoms with Crippen molar-refractivity contribution < 1.29 is 0 Å². The van der Waals surface area contributed by atoms with Gasteiger partial charge < -0.3 is 10.3 Å². The minimum atomic E-state index is 0.187. The number of hydrogen-bond donors (Lipinski definition) is 1. The van der Waals surface area contributed by atoms with Crippen LogP contribution in [0.4, 0.5) is 0 Å². The van der Waals surface area contributed by atoms with Crippen LogP contribution in [0.15, 0.2) is 18.5 Å². The van der Waals surface area contributed by atoms with Crippen LogP contribution in [0, 0.1) is 0 Å². The van der Waals surface area contributed by atoms with Gasteiger partial charge in [0.05, 0.1) is 0 Å². The molecule has 13 heavy (non-hydrogen) atoms. The minimum Gasteiger partial charge on any atom is -0.324 e. The molecule has 4 heteroatoms. The first-order valence-corrected chi connectivity index (χ1v) is 4.63. The van der Waals surface area contributed by atoms with Crippen molar-refractivity contribution >= 4 is 0 Å². The van der Waals surface area contributed by atoms with Crippen LogP contribution in [0.25, 0.3) is 0 Å². The summed E-state index contributed by atoms with van der Waals surface area (Å²) in [7, 11) is 0. The van der Waals surface area contributed by atoms with Gasteiger partial charge in [0.25, 0.3) is 0 Å². The Bertz CT molecular complexity index is 315. The van der Waals surface area contributed by atoms with Gasteiger partial charge in [-0.25, -0.2) is 0 Å². The lowest BCUT2D eigenvalue weighted by Crippen LogP contribution is -2.15. The van der Waals surface area contributed by atoms with Crippen molar-refractivity contribution in [3.63, 3.8) is 0 Å². The van der Waals surface area contributed by atoms with E-state index in [0.29, 0.717) is 5.92 Å². The van der Waals surface area contributed by atoms with E-state index in [1.807, 2.05) is 6.08 Å². The second-order valence-corrected chi connectivity index (χ2v) is 3.37. The third-order valence-corrected chi connectivity index (χ3v) is 2.43. The molecule has 0 amide bonds. The molecule has 0 fully saturated rings. The summed E-state index contributed by atoms with van der Waals surface area (Å²) in [5.41, 5.74) is 5.78. The zero-order chi connectivity index (χ0) is 9.26. The van der Waals surface area contributed by atoms with Gasteiger partial charge >= 0.3 is 0 Å². The average molecular weight is 178 g/mol. The first kappa shape index (κ1) is 8.44. The maximum Gasteiger partial charge on any atom is 0.139 e. The fourth-order valence-electron chi connectivity index (χ4n) is 1.71. The highest BCUT2D eigenvalue weighted by Crippen LogP contribution is 2.25. The Kier molecular flexibility index (Phi) is 2.14. The molecule has 70 valence electrons. The van der Waals surface area contributed by atoms with Crippen LogP contribution in [0.2, 0.25) is 0 Å². The van der Waals surface area contributed by atoms with Crippen molar-refractivity contribution in [2.45, 2.75) is 31.8 Å². The Balaban J connectivity index is 2.21. The molecule has 1 aliphatic rings. The SMILES string of the molecule is CCn1cnnc1C1C=CC(N)C1. The zero-order valence-corrected chi connectivity index (χ0v) is 7.72. The van der Waals surface area contributed by atoms with E-state index in [1.165, 1.54) is 0 Å². The van der Waals surface area contributed by atoms with Crippen LogP contribution < -0.4 is 5.73 Å². The number of aryl methyl sites for hydroxylation is 1. The maximum atomic E-state index is 5.78. The lowest BCUT2D eigenvalue weighted by atomic mass is 10.1. The molecule has 2 rings (SSSR count). The van der Waals surface area contributed by atoms with Crippen LogP contribution in [-0.4, -0.2) is 20.8 Å². The molecule has 0 saturated heterocycles. The highest BCUT2D eigenvalue weighted by molar-refractivity contribution is 5.16. The van der Waals surface area contributed by atoms with Crippen LogP contribution >= 0.6 is 0 Å². The summed E-state index contributed by atoms with van der Waals surface area (Å²) in [6.45, 7) is 3.01. The molecule has 1 aliphatic carbocycles. The molecule has 1 heterocycles. The number of allylic oxidation sites excluding steroid dienone is 1. The summed E-state index contributed by atoms with van der Waals surface area (Å²) in [4.78, 5) is 0. The minimum absolute atomic E-state index is 0.187. The fourth-order valence-corrected chi connectivity index (χ4v) is 1.71. The number of nitrogens with zero attached hydrogens (tertiary/aromatic N) is 3. The third kappa shape index (κ3) is 1.49. The van der Waals surface area contributed by atoms with Gasteiger partial charge in [-0.3, -0.25) is 0 Å². The molecule has 2 N–H and O–H groups in total. The summed E-state index contributed by atoms with van der Waals surface area (Å²) in [5, 5.41) is 8.01. The van der Waals surface area contributed by atoms with Crippen molar-refractivity contribution in [3.05, 3.63) is 24.3 Å². The van der Waals surface area contributed by atoms with Gasteiger partial charge in [-0.15, -0.1) is 10.2 Å². The lowest BCUT2D eigenvalue weighted by molar-refractivity contribution is 0.619. The Labute approximate surface area is 77.5 Å². The summed E-state index contributed by atoms with van der Waals surface area (Å²) in [5.74, 6) is 1.39. The summed E-state index contributed by atoms with van der Waals surface area (Å²) < 4.78 is 2.06. The van der Waals surface area contributed by atoms with E-state index in [2.05, 4.69) is 27.8 Å². The summed E-state index contributed by atoms with van der Waals surface area (Å²) >= 11 is 0. The van der Waals surface area contributed by atoms with Crippen molar-refractivity contribution in [3.8, 4) is 0 Å². The molecule has 0 aromatic carbocycles. The van der Waals surface area contributed by atoms with Crippen molar-refractivity contribution in [1.29, 1.82) is 0 Å². The van der Waals surface area contributed by atoms with E-state index in [-0.39, 0.29) is 6.04 Å². The van der Waals surface area contributed by atoms with Crippen molar-refractivity contribution in [2.75, 3.05) is 0 Å². The Morgan fingerprint density at radius 2 is 2.46 bits per heavy atom. The lowest BCUT2D eigenvalue weighted by Gasteiger charge is -2.09. The quantitative estimate of drug-likeness (QED) is 0.677. The van der Waals surface area contributed by atoms with Gasteiger partial charge in [-0.05, 0) is 13.3 Å². The standard InChI is InChI=1S/C9H14N4/c1-2-13-6-11-12-9(13)7-3-4-8(10)5-7/h3-4,6-8H,2,5,10H2,1H3. The van der Waals surface area contributed by atoms with Crippen molar-refractivity contribution in [1.82, 2.24) is 14.8 Å². The molecule has 4 nitrogen and oxygen atoms in total. The third-order valence-electron chi connectivity index (χ3n) is 2.43. The maximum absolute atomic E-state index is 5.78. The van der Waals surface area contributed by atoms with E-state index in [0.717, 1.165) is 18.8 Å². The van der Waals surface area contributed by atoms with Gasteiger partial charge in [0, 0.05) is 18.5 Å². The number of aromatic nitrogens is 3. The second-order valence-electron chi connectivity index (χ2n) is 3.37. The highest BCUT2D eigenvalue weighted by atomic mass is 15.3. The molecule has 0 spiro atoms. The smallest absolute Gasteiger partial charge is 0.139 e. The van der Waals surface area contributed by atoms with Gasteiger partial charge in [-0.1, -0.05) is 12.2 Å². The van der Waals surface area contributed by atoms with Gasteiger partial charge in [0.15, 0.2) is 0 Å². The molecule has 1 aromatic rings. The Morgan fingerprint density at radius 1 is 1.62 bits per heavy atom. The molecule has 2 unspecified atom stereocenters. The van der Waals surface area contributed by atoms with E-state index in [1.54, 1.807) is 6.33 Å². The molecule has 0 radical (unpaired) electrons. The Morgan fingerprint density at radius 3 is 3.08 bits per heavy atom. The molecular weight excluding hydrogens is 164 g/mol. The predicted octanol–water partition coefficient (Wildman–Crippen LogP) is 0.669. The first-order chi connectivity index (χ1) is 6.31. The van der Waals surface area contributed by atoms with Gasteiger partial charge in [0.2, 0.25) is 0 Å². The molecule has 0 bridgehead atoms. The molecule has 2 atom stereocenters. The van der Waals surface area contributed by atoms with Crippen LogP contribution in [0.3, 0.4) is 0 Å². The van der Waals surface area contributed by atoms with E-state index < -0.39 is 0 Å². The Hall–Kier alpha value is -1.16. The van der Waals surface area contributed by atoms with Crippen molar-refractivity contribution in [2.24, 2.45) is 5.73 Å². The van der Waals surface area contributed by atoms with E-state index in [4.69, 9.17) is 5.73 Å². The zero-order valence-electron chi connectivity index (χ0n) is 7.72. The normalized spacial score (nSPS) is 26.9. The van der Waals surface area contributed by atoms with E-state index >= 15 is 0 Å². The predicted molar refractivity (Wildman–Crippen MR) is 50.2 cm³/mol. The van der Waals surface area contributed by atoms with Gasteiger partial charge in [0.1, 0.15) is 12.2 Å². The van der Waals surface area contributed by atoms with Gasteiger partial charge in [-0.2, -0.15) is 0 Å². The van der Waals surface area contributed by atoms with Crippen LogP contribution in [-0.2, 0) is 6.54 Å². The second kappa shape index (κ2) is 3.30. The number of hydrogen-bond acceptors (Lipinski definition) is 3. The summed E-state index contributed by atoms with van der Waals surface area (Å²) in [6, 6.07) is 0.187. The topological polar surface area (TPSA) is 56.7 Å². The monoisotopic (exact) mass is 178 g/mol. The molecule has 0 aliphatic heterocycles. The van der Waals surface area contributed by atoms with Crippen LogP contribution in [0.1, 0.15) is 25.1 Å². The highest BCUT2D eigenvalue weighted by Gasteiger charge is 2.21. The summed E-state index contributed by atoms with van der Waals surface area (Å²) in [6.07, 6.45) is 6.89. The number of rotatable bonds is 2. The molecule has 1 aromatic heterocycles. The fraction of sp³-hybridized carbons (Fsp3) is 0.556. The number of nitrogens with two attached hydrogens (primary N) is 1. The average Bonchev–Trinajstić information content (AvgIpc) is 2.71. The first-order valence-electron chi connectivity index (χ1n) is 4.63. The van der Waals surface area contributed by atoms with E-state index in [9.17, 15) is 0 Å². The molecular formula is C9H14N4.